The fraction of sp³-hybridized carbons (Fsp3) is 0.176. The lowest BCUT2D eigenvalue weighted by Gasteiger charge is -2.10. The van der Waals surface area contributed by atoms with Crippen molar-refractivity contribution in [1.82, 2.24) is 24.5 Å². The van der Waals surface area contributed by atoms with Crippen LogP contribution >= 0.6 is 0 Å². The lowest BCUT2D eigenvalue weighted by molar-refractivity contribution is 0.415. The van der Waals surface area contributed by atoms with E-state index in [4.69, 9.17) is 9.15 Å². The molecule has 3 aromatic heterocycles. The van der Waals surface area contributed by atoms with Gasteiger partial charge >= 0.3 is 5.69 Å². The molecule has 2 N–H and O–H groups in total. The third-order valence-electron chi connectivity index (χ3n) is 4.16. The van der Waals surface area contributed by atoms with Gasteiger partial charge in [-0.15, -0.1) is 0 Å². The largest absolute Gasteiger partial charge is 0.496 e. The number of nitrogens with zero attached hydrogens (tertiary/aromatic N) is 3. The molecule has 9 heteroatoms. The standard InChI is InChI=1S/C17H15N5O4/c1-25-14-5-13-11(4-12(14)15-7-19-9-26-15)16(23)22(17(24)21-13)3-2-10-6-18-8-20-10/h4-9H,2-3H2,1H3,(H,18,20)(H,21,24). The van der Waals surface area contributed by atoms with E-state index in [0.717, 1.165) is 5.69 Å². The number of aryl methyl sites for hydroxylation is 1. The van der Waals surface area contributed by atoms with Crippen molar-refractivity contribution in [2.24, 2.45) is 0 Å². The lowest BCUT2D eigenvalue weighted by Crippen LogP contribution is -2.35. The molecule has 0 fully saturated rings. The summed E-state index contributed by atoms with van der Waals surface area (Å²) in [5, 5.41) is 0.362. The van der Waals surface area contributed by atoms with Crippen LogP contribution in [0.5, 0.6) is 5.75 Å². The van der Waals surface area contributed by atoms with Crippen molar-refractivity contribution in [2.75, 3.05) is 7.11 Å². The second-order valence-corrected chi connectivity index (χ2v) is 5.68. The van der Waals surface area contributed by atoms with E-state index < -0.39 is 5.69 Å². The van der Waals surface area contributed by atoms with Gasteiger partial charge in [-0.3, -0.25) is 9.36 Å². The summed E-state index contributed by atoms with van der Waals surface area (Å²) in [5.74, 6) is 0.942. The third kappa shape index (κ3) is 2.69. The fourth-order valence-corrected chi connectivity index (χ4v) is 2.85. The molecule has 0 atom stereocenters. The summed E-state index contributed by atoms with van der Waals surface area (Å²) in [6, 6.07) is 3.24. The quantitative estimate of drug-likeness (QED) is 0.558. The van der Waals surface area contributed by atoms with Crippen LogP contribution in [-0.2, 0) is 13.0 Å². The van der Waals surface area contributed by atoms with E-state index in [2.05, 4.69) is 19.9 Å². The number of fused-ring (bicyclic) bond motifs is 1. The van der Waals surface area contributed by atoms with Gasteiger partial charge in [0.05, 0.1) is 36.1 Å². The van der Waals surface area contributed by atoms with Crippen LogP contribution in [0.15, 0.2) is 51.3 Å². The summed E-state index contributed by atoms with van der Waals surface area (Å²) in [7, 11) is 1.50. The summed E-state index contributed by atoms with van der Waals surface area (Å²) in [5.41, 5.74) is 0.969. The van der Waals surface area contributed by atoms with Crippen LogP contribution in [0.25, 0.3) is 22.2 Å². The number of H-pyrrole nitrogens is 2. The number of aromatic nitrogens is 5. The molecule has 0 radical (unpaired) electrons. The number of hydrogen-bond acceptors (Lipinski definition) is 6. The number of imidazole rings is 1. The van der Waals surface area contributed by atoms with Gasteiger partial charge in [0, 0.05) is 30.9 Å². The minimum atomic E-state index is -0.475. The predicted molar refractivity (Wildman–Crippen MR) is 93.2 cm³/mol. The Labute approximate surface area is 146 Å². The van der Waals surface area contributed by atoms with E-state index in [1.54, 1.807) is 24.7 Å². The van der Waals surface area contributed by atoms with Crippen molar-refractivity contribution in [3.05, 3.63) is 63.8 Å². The van der Waals surface area contributed by atoms with Crippen molar-refractivity contribution in [3.8, 4) is 17.1 Å². The highest BCUT2D eigenvalue weighted by atomic mass is 16.5. The molecule has 0 saturated heterocycles. The molecular formula is C17H15N5O4. The highest BCUT2D eigenvalue weighted by Crippen LogP contribution is 2.32. The maximum absolute atomic E-state index is 12.9. The van der Waals surface area contributed by atoms with E-state index in [9.17, 15) is 9.59 Å². The van der Waals surface area contributed by atoms with E-state index in [-0.39, 0.29) is 12.1 Å². The molecule has 0 aliphatic carbocycles. The zero-order valence-corrected chi connectivity index (χ0v) is 13.9. The molecule has 4 aromatic rings. The second kappa shape index (κ2) is 6.36. The van der Waals surface area contributed by atoms with Crippen molar-refractivity contribution in [3.63, 3.8) is 0 Å². The molecule has 0 amide bonds. The predicted octanol–water partition coefficient (Wildman–Crippen LogP) is 1.32. The van der Waals surface area contributed by atoms with Crippen molar-refractivity contribution >= 4 is 10.9 Å². The number of benzene rings is 1. The van der Waals surface area contributed by atoms with Crippen molar-refractivity contribution in [2.45, 2.75) is 13.0 Å². The number of ether oxygens (including phenoxy) is 1. The van der Waals surface area contributed by atoms with Crippen LogP contribution < -0.4 is 16.0 Å². The molecule has 0 aliphatic heterocycles. The minimum Gasteiger partial charge on any atom is -0.496 e. The highest BCUT2D eigenvalue weighted by Gasteiger charge is 2.15. The summed E-state index contributed by atoms with van der Waals surface area (Å²) >= 11 is 0. The van der Waals surface area contributed by atoms with Gasteiger partial charge in [-0.25, -0.2) is 14.8 Å². The van der Waals surface area contributed by atoms with Crippen molar-refractivity contribution in [1.29, 1.82) is 0 Å². The molecule has 0 aliphatic rings. The Bertz CT molecular complexity index is 1160. The Kier molecular flexibility index (Phi) is 3.88. The van der Waals surface area contributed by atoms with Gasteiger partial charge < -0.3 is 19.1 Å². The van der Waals surface area contributed by atoms with Crippen LogP contribution in [-0.4, -0.2) is 31.6 Å². The highest BCUT2D eigenvalue weighted by molar-refractivity contribution is 5.86. The summed E-state index contributed by atoms with van der Waals surface area (Å²) in [4.78, 5) is 38.7. The topological polar surface area (TPSA) is 119 Å². The Morgan fingerprint density at radius 1 is 1.23 bits per heavy atom. The first kappa shape index (κ1) is 15.9. The van der Waals surface area contributed by atoms with Gasteiger partial charge in [0.25, 0.3) is 5.56 Å². The molecule has 0 spiro atoms. The molecule has 132 valence electrons. The zero-order chi connectivity index (χ0) is 18.1. The normalized spacial score (nSPS) is 11.1. The van der Waals surface area contributed by atoms with Crippen LogP contribution in [0, 0.1) is 0 Å². The number of nitrogens with one attached hydrogen (secondary N) is 2. The molecule has 0 unspecified atom stereocenters. The van der Waals surface area contributed by atoms with E-state index in [1.807, 2.05) is 0 Å². The van der Waals surface area contributed by atoms with E-state index in [1.165, 1.54) is 24.3 Å². The molecule has 0 saturated carbocycles. The zero-order valence-electron chi connectivity index (χ0n) is 13.9. The van der Waals surface area contributed by atoms with Crippen LogP contribution in [0.2, 0.25) is 0 Å². The van der Waals surface area contributed by atoms with Gasteiger partial charge in [-0.2, -0.15) is 0 Å². The Hall–Kier alpha value is -3.62. The average molecular weight is 353 g/mol. The van der Waals surface area contributed by atoms with Gasteiger partial charge in [0.15, 0.2) is 12.2 Å². The molecule has 26 heavy (non-hydrogen) atoms. The molecule has 4 rings (SSSR count). The number of rotatable bonds is 5. The fourth-order valence-electron chi connectivity index (χ4n) is 2.85. The van der Waals surface area contributed by atoms with Gasteiger partial charge in [-0.1, -0.05) is 0 Å². The van der Waals surface area contributed by atoms with Gasteiger partial charge in [0.2, 0.25) is 0 Å². The lowest BCUT2D eigenvalue weighted by atomic mass is 10.1. The number of hydrogen-bond donors (Lipinski definition) is 2. The molecular weight excluding hydrogens is 338 g/mol. The first-order chi connectivity index (χ1) is 12.7. The molecule has 1 aromatic carbocycles. The first-order valence-electron chi connectivity index (χ1n) is 7.88. The van der Waals surface area contributed by atoms with Crippen LogP contribution in [0.1, 0.15) is 5.69 Å². The minimum absolute atomic E-state index is 0.232. The van der Waals surface area contributed by atoms with Gasteiger partial charge in [0.1, 0.15) is 5.75 Å². The summed E-state index contributed by atoms with van der Waals surface area (Å²) in [6.45, 7) is 0.232. The first-order valence-corrected chi connectivity index (χ1v) is 7.88. The SMILES string of the molecule is COc1cc2[nH]c(=O)n(CCc3cnc[nH]3)c(=O)c2cc1-c1cnco1. The summed E-state index contributed by atoms with van der Waals surface area (Å²) < 4.78 is 11.8. The maximum atomic E-state index is 12.9. The Balaban J connectivity index is 1.85. The van der Waals surface area contributed by atoms with Crippen molar-refractivity contribution < 1.29 is 9.15 Å². The Morgan fingerprint density at radius 2 is 2.12 bits per heavy atom. The molecule has 9 nitrogen and oxygen atoms in total. The van der Waals surface area contributed by atoms with Gasteiger partial charge in [-0.05, 0) is 6.07 Å². The number of aromatic amines is 2. The number of oxazole rings is 1. The smallest absolute Gasteiger partial charge is 0.328 e. The average Bonchev–Trinajstić information content (AvgIpc) is 3.34. The molecule has 3 heterocycles. The number of methoxy groups -OCH3 is 1. The maximum Gasteiger partial charge on any atom is 0.328 e. The Morgan fingerprint density at radius 3 is 2.81 bits per heavy atom. The van der Waals surface area contributed by atoms with E-state index >= 15 is 0 Å². The van der Waals surface area contributed by atoms with E-state index in [0.29, 0.717) is 34.4 Å². The van der Waals surface area contributed by atoms with Crippen LogP contribution in [0.4, 0.5) is 0 Å². The molecule has 0 bridgehead atoms. The monoisotopic (exact) mass is 353 g/mol. The third-order valence-corrected chi connectivity index (χ3v) is 4.16. The van der Waals surface area contributed by atoms with Crippen LogP contribution in [0.3, 0.4) is 0 Å². The second-order valence-electron chi connectivity index (χ2n) is 5.68. The summed E-state index contributed by atoms with van der Waals surface area (Å²) in [6.07, 6.45) is 6.53.